The van der Waals surface area contributed by atoms with Crippen molar-refractivity contribution in [1.29, 1.82) is 0 Å². The molecule has 0 aromatic carbocycles. The molecule has 1 fully saturated rings. The summed E-state index contributed by atoms with van der Waals surface area (Å²) >= 11 is 4.53. The quantitative estimate of drug-likeness (QED) is 0.870. The summed E-state index contributed by atoms with van der Waals surface area (Å²) in [4.78, 5) is 2.40. The van der Waals surface area contributed by atoms with E-state index < -0.39 is 10.0 Å². The highest BCUT2D eigenvalue weighted by atomic mass is 79.9. The Balaban J connectivity index is 1.85. The number of thiophene rings is 1. The van der Waals surface area contributed by atoms with Crippen LogP contribution in [0.1, 0.15) is 19.8 Å². The summed E-state index contributed by atoms with van der Waals surface area (Å²) in [5.74, 6) is 0.459. The van der Waals surface area contributed by atoms with Crippen LogP contribution in [0.4, 0.5) is 0 Å². The molecule has 4 nitrogen and oxygen atoms in total. The molecule has 0 saturated carbocycles. The van der Waals surface area contributed by atoms with Gasteiger partial charge in [-0.2, -0.15) is 0 Å². The van der Waals surface area contributed by atoms with Crippen LogP contribution < -0.4 is 4.72 Å². The zero-order valence-electron chi connectivity index (χ0n) is 10.9. The summed E-state index contributed by atoms with van der Waals surface area (Å²) in [5.41, 5.74) is 0. The Labute approximate surface area is 127 Å². The van der Waals surface area contributed by atoms with E-state index in [2.05, 4.69) is 32.5 Å². The summed E-state index contributed by atoms with van der Waals surface area (Å²) in [7, 11) is -3.33. The van der Waals surface area contributed by atoms with Crippen LogP contribution in [0, 0.1) is 5.92 Å². The number of piperidine rings is 1. The van der Waals surface area contributed by atoms with E-state index in [0.717, 1.165) is 36.3 Å². The molecule has 1 aromatic heterocycles. The summed E-state index contributed by atoms with van der Waals surface area (Å²) in [6, 6.07) is 3.40. The van der Waals surface area contributed by atoms with Crippen molar-refractivity contribution in [2.75, 3.05) is 26.2 Å². The van der Waals surface area contributed by atoms with Gasteiger partial charge in [0.2, 0.25) is 10.0 Å². The van der Waals surface area contributed by atoms with E-state index in [1.54, 1.807) is 12.1 Å². The van der Waals surface area contributed by atoms with Crippen molar-refractivity contribution in [2.24, 2.45) is 5.92 Å². The third kappa shape index (κ3) is 4.26. The fraction of sp³-hybridized carbons (Fsp3) is 0.667. The molecule has 0 aliphatic carbocycles. The maximum Gasteiger partial charge on any atom is 0.250 e. The normalized spacial score (nSPS) is 18.8. The molecular weight excluding hydrogens is 348 g/mol. The number of halogens is 1. The van der Waals surface area contributed by atoms with Gasteiger partial charge in [-0.05, 0) is 66.5 Å². The summed E-state index contributed by atoms with van der Waals surface area (Å²) in [5, 5.41) is 0. The van der Waals surface area contributed by atoms with Gasteiger partial charge in [-0.25, -0.2) is 13.1 Å². The van der Waals surface area contributed by atoms with Crippen LogP contribution in [0.15, 0.2) is 20.1 Å². The van der Waals surface area contributed by atoms with E-state index in [-0.39, 0.29) is 0 Å². The van der Waals surface area contributed by atoms with Gasteiger partial charge in [0.25, 0.3) is 0 Å². The second-order valence-corrected chi connectivity index (χ2v) is 9.24. The molecule has 0 amide bonds. The van der Waals surface area contributed by atoms with Crippen LogP contribution in [0.3, 0.4) is 0 Å². The largest absolute Gasteiger partial charge is 0.304 e. The summed E-state index contributed by atoms with van der Waals surface area (Å²) in [6.07, 6.45) is 2.15. The second-order valence-electron chi connectivity index (χ2n) is 4.79. The van der Waals surface area contributed by atoms with Crippen LogP contribution in [-0.4, -0.2) is 39.5 Å². The summed E-state index contributed by atoms with van der Waals surface area (Å²) in [6.45, 7) is 5.95. The van der Waals surface area contributed by atoms with Gasteiger partial charge in [0.15, 0.2) is 0 Å². The minimum Gasteiger partial charge on any atom is -0.304 e. The highest BCUT2D eigenvalue weighted by molar-refractivity contribution is 9.11. The number of nitrogens with zero attached hydrogens (tertiary/aromatic N) is 1. The first-order chi connectivity index (χ1) is 9.01. The average molecular weight is 367 g/mol. The van der Waals surface area contributed by atoms with Crippen LogP contribution in [0.25, 0.3) is 0 Å². The Morgan fingerprint density at radius 3 is 2.63 bits per heavy atom. The molecule has 1 aliphatic heterocycles. The molecular formula is C12H19BrN2O2S2. The Kier molecular flexibility index (Phi) is 5.42. The van der Waals surface area contributed by atoms with Crippen LogP contribution in [-0.2, 0) is 10.0 Å². The molecule has 1 N–H and O–H groups in total. The number of hydrogen-bond donors (Lipinski definition) is 1. The Morgan fingerprint density at radius 1 is 1.42 bits per heavy atom. The molecule has 0 atom stereocenters. The molecule has 1 saturated heterocycles. The minimum atomic E-state index is -3.33. The fourth-order valence-electron chi connectivity index (χ4n) is 2.25. The van der Waals surface area contributed by atoms with Gasteiger partial charge in [0.05, 0.1) is 3.79 Å². The lowest BCUT2D eigenvalue weighted by molar-refractivity contribution is 0.194. The van der Waals surface area contributed by atoms with Gasteiger partial charge in [0.1, 0.15) is 4.21 Å². The van der Waals surface area contributed by atoms with E-state index in [1.165, 1.54) is 11.3 Å². The predicted molar refractivity (Wildman–Crippen MR) is 82.0 cm³/mol. The van der Waals surface area contributed by atoms with Crippen molar-refractivity contribution in [1.82, 2.24) is 9.62 Å². The molecule has 2 rings (SSSR count). The molecule has 108 valence electrons. The van der Waals surface area contributed by atoms with Gasteiger partial charge >= 0.3 is 0 Å². The van der Waals surface area contributed by atoms with Crippen LogP contribution in [0.2, 0.25) is 0 Å². The predicted octanol–water partition coefficient (Wildman–Crippen LogP) is 2.52. The number of sulfonamides is 1. The van der Waals surface area contributed by atoms with Crippen molar-refractivity contribution in [3.63, 3.8) is 0 Å². The van der Waals surface area contributed by atoms with Gasteiger partial charge in [-0.1, -0.05) is 6.92 Å². The molecule has 19 heavy (non-hydrogen) atoms. The topological polar surface area (TPSA) is 49.4 Å². The van der Waals surface area contributed by atoms with E-state index in [9.17, 15) is 8.42 Å². The van der Waals surface area contributed by atoms with Crippen molar-refractivity contribution < 1.29 is 8.42 Å². The average Bonchev–Trinajstić information content (AvgIpc) is 2.85. The lowest BCUT2D eigenvalue weighted by Crippen LogP contribution is -2.38. The standard InChI is InChI=1S/C12H19BrN2O2S2/c1-2-15-7-5-10(6-8-15)9-14-19(16,17)12-4-3-11(13)18-12/h3-4,10,14H,2,5-9H2,1H3. The number of nitrogens with one attached hydrogen (secondary N) is 1. The van der Waals surface area contributed by atoms with E-state index in [1.807, 2.05) is 0 Å². The lowest BCUT2D eigenvalue weighted by atomic mass is 9.97. The van der Waals surface area contributed by atoms with Crippen molar-refractivity contribution in [2.45, 2.75) is 24.0 Å². The molecule has 0 spiro atoms. The monoisotopic (exact) mass is 366 g/mol. The first kappa shape index (κ1) is 15.4. The number of likely N-dealkylation sites (tertiary alicyclic amines) is 1. The van der Waals surface area contributed by atoms with Crippen LogP contribution >= 0.6 is 27.3 Å². The Morgan fingerprint density at radius 2 is 2.11 bits per heavy atom. The highest BCUT2D eigenvalue weighted by Crippen LogP contribution is 2.26. The molecule has 7 heteroatoms. The van der Waals surface area contributed by atoms with Gasteiger partial charge in [-0.3, -0.25) is 0 Å². The number of hydrogen-bond acceptors (Lipinski definition) is 4. The maximum absolute atomic E-state index is 12.1. The summed E-state index contributed by atoms with van der Waals surface area (Å²) < 4.78 is 28.1. The van der Waals surface area contributed by atoms with Gasteiger partial charge < -0.3 is 4.90 Å². The van der Waals surface area contributed by atoms with E-state index in [4.69, 9.17) is 0 Å². The molecule has 0 radical (unpaired) electrons. The lowest BCUT2D eigenvalue weighted by Gasteiger charge is -2.30. The third-order valence-corrected chi connectivity index (χ3v) is 7.07. The Hall–Kier alpha value is 0.0500. The van der Waals surface area contributed by atoms with Crippen molar-refractivity contribution in [3.05, 3.63) is 15.9 Å². The van der Waals surface area contributed by atoms with Gasteiger partial charge in [-0.15, -0.1) is 11.3 Å². The van der Waals surface area contributed by atoms with Crippen molar-refractivity contribution >= 4 is 37.3 Å². The maximum atomic E-state index is 12.1. The molecule has 0 unspecified atom stereocenters. The molecule has 2 heterocycles. The molecule has 1 aromatic rings. The van der Waals surface area contributed by atoms with Gasteiger partial charge in [0, 0.05) is 6.54 Å². The first-order valence-electron chi connectivity index (χ1n) is 6.48. The van der Waals surface area contributed by atoms with Crippen LogP contribution in [0.5, 0.6) is 0 Å². The minimum absolute atomic E-state index is 0.380. The zero-order chi connectivity index (χ0) is 13.9. The molecule has 0 bridgehead atoms. The Bertz CT molecular complexity index is 508. The molecule has 1 aliphatic rings. The SMILES string of the molecule is CCN1CCC(CNS(=O)(=O)c2ccc(Br)s2)CC1. The van der Waals surface area contributed by atoms with Crippen molar-refractivity contribution in [3.8, 4) is 0 Å². The smallest absolute Gasteiger partial charge is 0.250 e. The third-order valence-electron chi connectivity index (χ3n) is 3.53. The second kappa shape index (κ2) is 6.67. The zero-order valence-corrected chi connectivity index (χ0v) is 14.2. The fourth-order valence-corrected chi connectivity index (χ4v) is 5.42. The first-order valence-corrected chi connectivity index (χ1v) is 9.58. The van der Waals surface area contributed by atoms with E-state index in [0.29, 0.717) is 16.7 Å². The highest BCUT2D eigenvalue weighted by Gasteiger charge is 2.22. The van der Waals surface area contributed by atoms with E-state index >= 15 is 0 Å². The number of rotatable bonds is 5.